The third-order valence-electron chi connectivity index (χ3n) is 3.53. The first-order valence-corrected chi connectivity index (χ1v) is 6.76. The minimum Gasteiger partial charge on any atom is -0.342 e. The van der Waals surface area contributed by atoms with Crippen LogP contribution in [-0.4, -0.2) is 16.5 Å². The van der Waals surface area contributed by atoms with Gasteiger partial charge in [-0.25, -0.2) is 4.98 Å². The summed E-state index contributed by atoms with van der Waals surface area (Å²) >= 11 is 0. The first kappa shape index (κ1) is 15.6. The molecular weight excluding hydrogens is 279 g/mol. The average Bonchev–Trinajstić information content (AvgIpc) is 2.87. The molecule has 0 radical (unpaired) electrons. The maximum atomic E-state index is 13.0. The maximum absolute atomic E-state index is 13.0. The largest absolute Gasteiger partial charge is 0.417 e. The molecule has 0 bridgehead atoms. The first-order chi connectivity index (χ1) is 9.84. The van der Waals surface area contributed by atoms with Gasteiger partial charge in [-0.15, -0.1) is 0 Å². The van der Waals surface area contributed by atoms with Crippen molar-refractivity contribution in [2.45, 2.75) is 25.9 Å². The Labute approximate surface area is 121 Å². The van der Waals surface area contributed by atoms with E-state index in [1.807, 2.05) is 13.8 Å². The number of nitrogens with two attached hydrogens (primary N) is 1. The fourth-order valence-electron chi connectivity index (χ4n) is 2.33. The molecule has 1 aromatic carbocycles. The molecule has 1 unspecified atom stereocenters. The van der Waals surface area contributed by atoms with Gasteiger partial charge in [-0.3, -0.25) is 0 Å². The molecule has 2 rings (SSSR count). The van der Waals surface area contributed by atoms with E-state index < -0.39 is 11.7 Å². The molecule has 0 aliphatic carbocycles. The van der Waals surface area contributed by atoms with Crippen molar-refractivity contribution in [3.63, 3.8) is 0 Å². The lowest BCUT2D eigenvalue weighted by Crippen LogP contribution is -2.19. The summed E-state index contributed by atoms with van der Waals surface area (Å²) in [6.45, 7) is 4.40. The lowest BCUT2D eigenvalue weighted by molar-refractivity contribution is -0.137. The number of rotatable bonds is 4. The summed E-state index contributed by atoms with van der Waals surface area (Å²) in [4.78, 5) is 7.19. The highest BCUT2D eigenvalue weighted by molar-refractivity contribution is 5.64. The van der Waals surface area contributed by atoms with Crippen molar-refractivity contribution in [1.29, 1.82) is 0 Å². The second-order valence-corrected chi connectivity index (χ2v) is 5.31. The normalized spacial score (nSPS) is 13.7. The highest BCUT2D eigenvalue weighted by Gasteiger charge is 2.33. The van der Waals surface area contributed by atoms with Crippen LogP contribution in [0.5, 0.6) is 0 Å². The fraction of sp³-hybridized carbons (Fsp3) is 0.400. The van der Waals surface area contributed by atoms with Crippen LogP contribution in [0.4, 0.5) is 13.2 Å². The summed E-state index contributed by atoms with van der Waals surface area (Å²) in [5, 5.41) is 0. The smallest absolute Gasteiger partial charge is 0.342 e. The van der Waals surface area contributed by atoms with Crippen LogP contribution in [0, 0.1) is 5.92 Å². The van der Waals surface area contributed by atoms with Crippen molar-refractivity contribution in [3.05, 3.63) is 41.9 Å². The van der Waals surface area contributed by atoms with E-state index in [2.05, 4.69) is 9.97 Å². The van der Waals surface area contributed by atoms with Crippen LogP contribution in [0.25, 0.3) is 11.3 Å². The Morgan fingerprint density at radius 2 is 1.90 bits per heavy atom. The van der Waals surface area contributed by atoms with Crippen LogP contribution in [0.15, 0.2) is 30.5 Å². The topological polar surface area (TPSA) is 54.7 Å². The third-order valence-corrected chi connectivity index (χ3v) is 3.53. The van der Waals surface area contributed by atoms with Crippen LogP contribution >= 0.6 is 0 Å². The number of aromatic amines is 1. The first-order valence-electron chi connectivity index (χ1n) is 6.76. The van der Waals surface area contributed by atoms with Gasteiger partial charge in [0.1, 0.15) is 5.82 Å². The van der Waals surface area contributed by atoms with E-state index in [1.165, 1.54) is 18.3 Å². The van der Waals surface area contributed by atoms with Crippen molar-refractivity contribution < 1.29 is 13.2 Å². The molecule has 0 aliphatic heterocycles. The molecule has 21 heavy (non-hydrogen) atoms. The molecule has 1 heterocycles. The Morgan fingerprint density at radius 3 is 2.48 bits per heavy atom. The number of halogens is 3. The van der Waals surface area contributed by atoms with Gasteiger partial charge in [0.15, 0.2) is 0 Å². The van der Waals surface area contributed by atoms with Crippen molar-refractivity contribution in [1.82, 2.24) is 9.97 Å². The number of alkyl halides is 3. The number of nitrogens with one attached hydrogen (secondary N) is 1. The SMILES string of the molecule is CC(C)C(CN)c1ncc(-c2ccccc2C(F)(F)F)[nH]1. The van der Waals surface area contributed by atoms with Gasteiger partial charge in [0.2, 0.25) is 0 Å². The van der Waals surface area contributed by atoms with Gasteiger partial charge >= 0.3 is 6.18 Å². The van der Waals surface area contributed by atoms with Crippen LogP contribution < -0.4 is 5.73 Å². The van der Waals surface area contributed by atoms with Gasteiger partial charge in [0.25, 0.3) is 0 Å². The van der Waals surface area contributed by atoms with Crippen molar-refractivity contribution in [2.24, 2.45) is 11.7 Å². The van der Waals surface area contributed by atoms with Gasteiger partial charge in [0, 0.05) is 18.0 Å². The molecule has 3 nitrogen and oxygen atoms in total. The summed E-state index contributed by atoms with van der Waals surface area (Å²) in [7, 11) is 0. The molecule has 0 saturated carbocycles. The molecule has 6 heteroatoms. The van der Waals surface area contributed by atoms with Gasteiger partial charge in [-0.2, -0.15) is 13.2 Å². The van der Waals surface area contributed by atoms with Crippen molar-refractivity contribution in [3.8, 4) is 11.3 Å². The number of benzene rings is 1. The summed E-state index contributed by atoms with van der Waals surface area (Å²) < 4.78 is 39.1. The number of nitrogens with zero attached hydrogens (tertiary/aromatic N) is 1. The van der Waals surface area contributed by atoms with Crippen LogP contribution in [0.2, 0.25) is 0 Å². The average molecular weight is 297 g/mol. The highest BCUT2D eigenvalue weighted by atomic mass is 19.4. The second kappa shape index (κ2) is 5.89. The molecule has 2 aromatic rings. The number of hydrogen-bond acceptors (Lipinski definition) is 2. The van der Waals surface area contributed by atoms with E-state index in [1.54, 1.807) is 6.07 Å². The van der Waals surface area contributed by atoms with Gasteiger partial charge < -0.3 is 10.7 Å². The minimum absolute atomic E-state index is 0.00296. The molecule has 114 valence electrons. The van der Waals surface area contributed by atoms with E-state index >= 15 is 0 Å². The third kappa shape index (κ3) is 3.26. The molecule has 0 saturated heterocycles. The molecule has 1 aromatic heterocycles. The number of aromatic nitrogens is 2. The van der Waals surface area contributed by atoms with Crippen LogP contribution in [0.3, 0.4) is 0 Å². The van der Waals surface area contributed by atoms with Crippen molar-refractivity contribution >= 4 is 0 Å². The van der Waals surface area contributed by atoms with E-state index in [-0.39, 0.29) is 17.4 Å². The molecule has 0 fully saturated rings. The standard InChI is InChI=1S/C15H18F3N3/c1-9(2)11(7-19)14-20-8-13(21-14)10-5-3-4-6-12(10)15(16,17)18/h3-6,8-9,11H,7,19H2,1-2H3,(H,20,21). The molecule has 0 spiro atoms. The Bertz CT molecular complexity index is 602. The predicted molar refractivity (Wildman–Crippen MR) is 75.7 cm³/mol. The molecule has 3 N–H and O–H groups in total. The Balaban J connectivity index is 2.43. The zero-order valence-electron chi connectivity index (χ0n) is 11.9. The Hall–Kier alpha value is -1.82. The minimum atomic E-state index is -4.40. The zero-order chi connectivity index (χ0) is 15.6. The lowest BCUT2D eigenvalue weighted by Gasteiger charge is -2.16. The fourth-order valence-corrected chi connectivity index (χ4v) is 2.33. The molecule has 1 atom stereocenters. The van der Waals surface area contributed by atoms with Crippen molar-refractivity contribution in [2.75, 3.05) is 6.54 Å². The zero-order valence-corrected chi connectivity index (χ0v) is 11.9. The quantitative estimate of drug-likeness (QED) is 0.902. The summed E-state index contributed by atoms with van der Waals surface area (Å²) in [5.41, 5.74) is 5.50. The molecular formula is C15H18F3N3. The molecule has 0 amide bonds. The maximum Gasteiger partial charge on any atom is 0.417 e. The van der Waals surface area contributed by atoms with Gasteiger partial charge in [-0.05, 0) is 12.0 Å². The van der Waals surface area contributed by atoms with E-state index in [9.17, 15) is 13.2 Å². The number of imidazole rings is 1. The Morgan fingerprint density at radius 1 is 1.24 bits per heavy atom. The van der Waals surface area contributed by atoms with E-state index in [0.717, 1.165) is 6.07 Å². The van der Waals surface area contributed by atoms with E-state index in [0.29, 0.717) is 18.1 Å². The lowest BCUT2D eigenvalue weighted by atomic mass is 9.95. The van der Waals surface area contributed by atoms with E-state index in [4.69, 9.17) is 5.73 Å². The number of H-pyrrole nitrogens is 1. The highest BCUT2D eigenvalue weighted by Crippen LogP contribution is 2.36. The van der Waals surface area contributed by atoms with Crippen LogP contribution in [-0.2, 0) is 6.18 Å². The Kier molecular flexibility index (Phi) is 4.37. The molecule has 0 aliphatic rings. The summed E-state index contributed by atoms with van der Waals surface area (Å²) in [6, 6.07) is 5.46. The van der Waals surface area contributed by atoms with Crippen LogP contribution in [0.1, 0.15) is 31.2 Å². The summed E-state index contributed by atoms with van der Waals surface area (Å²) in [5.74, 6) is 0.878. The second-order valence-electron chi connectivity index (χ2n) is 5.31. The summed E-state index contributed by atoms with van der Waals surface area (Å²) in [6.07, 6.45) is -2.96. The van der Waals surface area contributed by atoms with Gasteiger partial charge in [-0.1, -0.05) is 32.0 Å². The monoisotopic (exact) mass is 297 g/mol. The number of hydrogen-bond donors (Lipinski definition) is 2. The predicted octanol–water partition coefficient (Wildman–Crippen LogP) is 3.79. The van der Waals surface area contributed by atoms with Gasteiger partial charge in [0.05, 0.1) is 17.5 Å².